The van der Waals surface area contributed by atoms with Gasteiger partial charge in [0.1, 0.15) is 5.60 Å². The van der Waals surface area contributed by atoms with Crippen molar-refractivity contribution in [1.82, 2.24) is 0 Å². The molecule has 0 bridgehead atoms. The summed E-state index contributed by atoms with van der Waals surface area (Å²) in [4.78, 5) is 12.7. The molecule has 0 aromatic rings. The number of hydrogen-bond donors (Lipinski definition) is 0. The zero-order valence-corrected chi connectivity index (χ0v) is 32.7. The number of carbonyl (C=O) groups is 1. The van der Waals surface area contributed by atoms with Crippen LogP contribution in [0.5, 0.6) is 0 Å². The number of methoxy groups -OCH3 is 1. The first-order valence-electron chi connectivity index (χ1n) is 18.3. The van der Waals surface area contributed by atoms with E-state index in [1.54, 1.807) is 5.57 Å². The summed E-state index contributed by atoms with van der Waals surface area (Å²) in [7, 11) is -0.393. The van der Waals surface area contributed by atoms with Gasteiger partial charge < -0.3 is 23.4 Å². The van der Waals surface area contributed by atoms with E-state index in [0.717, 1.165) is 12.8 Å². The van der Waals surface area contributed by atoms with Crippen molar-refractivity contribution >= 4 is 14.5 Å². The van der Waals surface area contributed by atoms with E-state index in [1.807, 2.05) is 13.8 Å². The molecule has 0 saturated heterocycles. The summed E-state index contributed by atoms with van der Waals surface area (Å²) in [5, 5.41) is 0.236. The summed E-state index contributed by atoms with van der Waals surface area (Å²) in [6.45, 7) is 27.7. The molecule has 0 spiro atoms. The van der Waals surface area contributed by atoms with Gasteiger partial charge in [0, 0.05) is 18.6 Å². The standard InChI is InChI=1S/C39H68O6Si/c1-14-42-27(2)43-36(6,7)22-15-23-39(10,44-34(40)41-11)33-19-18-31-30-17-16-28-26-29(45-46(12,13)35(3,4)5)20-24-37(28,8)32(30)21-25-38(31,33)9/h15-16,23,27,29-33H,14,17-22,24-26H2,1-13H3/b23-15-/t27?,29?,30?,31?,32?,33-,37-,38-,39-/m0/s1. The van der Waals surface area contributed by atoms with Gasteiger partial charge in [0.2, 0.25) is 0 Å². The Morgan fingerprint density at radius 2 is 1.74 bits per heavy atom. The molecule has 0 N–H and O–H groups in total. The van der Waals surface area contributed by atoms with Gasteiger partial charge in [-0.25, -0.2) is 4.79 Å². The lowest BCUT2D eigenvalue weighted by molar-refractivity contribution is -0.187. The van der Waals surface area contributed by atoms with Crippen molar-refractivity contribution in [2.24, 2.45) is 34.5 Å². The molecule has 0 aliphatic heterocycles. The molecular formula is C39H68O6Si. The number of allylic oxidation sites excluding steroid dienone is 1. The van der Waals surface area contributed by atoms with Gasteiger partial charge in [-0.1, -0.05) is 52.3 Å². The van der Waals surface area contributed by atoms with E-state index < -0.39 is 25.7 Å². The lowest BCUT2D eigenvalue weighted by atomic mass is 9.46. The molecular weight excluding hydrogens is 593 g/mol. The third kappa shape index (κ3) is 7.53. The van der Waals surface area contributed by atoms with E-state index in [9.17, 15) is 4.79 Å². The molecule has 6 nitrogen and oxygen atoms in total. The van der Waals surface area contributed by atoms with Crippen LogP contribution in [-0.2, 0) is 23.4 Å². The molecule has 4 aliphatic rings. The molecule has 46 heavy (non-hydrogen) atoms. The summed E-state index contributed by atoms with van der Waals surface area (Å²) in [6, 6.07) is 0. The van der Waals surface area contributed by atoms with Crippen LogP contribution in [-0.4, -0.2) is 51.8 Å². The number of ether oxygens (including phenoxy) is 4. The van der Waals surface area contributed by atoms with Crippen LogP contribution >= 0.6 is 0 Å². The molecule has 9 atom stereocenters. The van der Waals surface area contributed by atoms with E-state index in [4.69, 9.17) is 23.4 Å². The largest absolute Gasteiger partial charge is 0.508 e. The molecule has 4 aliphatic carbocycles. The summed E-state index contributed by atoms with van der Waals surface area (Å²) >= 11 is 0. The van der Waals surface area contributed by atoms with Crippen molar-refractivity contribution in [3.63, 3.8) is 0 Å². The first-order valence-corrected chi connectivity index (χ1v) is 21.2. The number of rotatable bonds is 11. The Labute approximate surface area is 282 Å². The Bertz CT molecular complexity index is 1140. The first-order chi connectivity index (χ1) is 21.2. The molecule has 3 fully saturated rings. The van der Waals surface area contributed by atoms with Crippen molar-refractivity contribution in [2.45, 2.75) is 169 Å². The molecule has 3 saturated carbocycles. The van der Waals surface area contributed by atoms with Gasteiger partial charge in [0.05, 0.1) is 12.7 Å². The maximum absolute atomic E-state index is 12.7. The number of fused-ring (bicyclic) bond motifs is 5. The van der Waals surface area contributed by atoms with Crippen LogP contribution in [0.3, 0.4) is 0 Å². The second-order valence-corrected chi connectivity index (χ2v) is 22.7. The third-order valence-electron chi connectivity index (χ3n) is 13.4. The molecule has 0 radical (unpaired) electrons. The minimum Gasteiger partial charge on any atom is -0.438 e. The predicted octanol–water partition coefficient (Wildman–Crippen LogP) is 10.6. The lowest BCUT2D eigenvalue weighted by Gasteiger charge is -2.59. The van der Waals surface area contributed by atoms with Crippen LogP contribution < -0.4 is 0 Å². The smallest absolute Gasteiger partial charge is 0.438 e. The van der Waals surface area contributed by atoms with Gasteiger partial charge in [-0.3, -0.25) is 0 Å². The van der Waals surface area contributed by atoms with Crippen LogP contribution in [0.25, 0.3) is 0 Å². The van der Waals surface area contributed by atoms with E-state index in [1.165, 1.54) is 45.6 Å². The fourth-order valence-electron chi connectivity index (χ4n) is 10.0. The van der Waals surface area contributed by atoms with Crippen LogP contribution in [0.1, 0.15) is 127 Å². The summed E-state index contributed by atoms with van der Waals surface area (Å²) in [6.07, 6.45) is 16.4. The minimum absolute atomic E-state index is 0.0914. The molecule has 5 unspecified atom stereocenters. The fourth-order valence-corrected chi connectivity index (χ4v) is 11.4. The van der Waals surface area contributed by atoms with Gasteiger partial charge in [-0.2, -0.15) is 0 Å². The molecule has 0 amide bonds. The van der Waals surface area contributed by atoms with Crippen LogP contribution in [0.2, 0.25) is 18.1 Å². The Hall–Kier alpha value is -1.15. The van der Waals surface area contributed by atoms with Crippen LogP contribution in [0, 0.1) is 34.5 Å². The van der Waals surface area contributed by atoms with Crippen molar-refractivity contribution in [3.8, 4) is 0 Å². The monoisotopic (exact) mass is 660 g/mol. The second-order valence-electron chi connectivity index (χ2n) is 17.9. The minimum atomic E-state index is -1.80. The zero-order chi connectivity index (χ0) is 34.3. The average Bonchev–Trinajstić information content (AvgIpc) is 3.30. The van der Waals surface area contributed by atoms with Crippen LogP contribution in [0.15, 0.2) is 23.8 Å². The molecule has 264 valence electrons. The number of hydrogen-bond acceptors (Lipinski definition) is 6. The van der Waals surface area contributed by atoms with Crippen molar-refractivity contribution in [1.29, 1.82) is 0 Å². The predicted molar refractivity (Wildman–Crippen MR) is 189 cm³/mol. The van der Waals surface area contributed by atoms with Gasteiger partial charge in [0.15, 0.2) is 14.6 Å². The van der Waals surface area contributed by atoms with Gasteiger partial charge in [-0.05, 0) is 145 Å². The third-order valence-corrected chi connectivity index (χ3v) is 18.0. The Morgan fingerprint density at radius 3 is 2.37 bits per heavy atom. The zero-order valence-electron chi connectivity index (χ0n) is 31.7. The molecule has 7 heteroatoms. The molecule has 0 heterocycles. The highest BCUT2D eigenvalue weighted by molar-refractivity contribution is 6.74. The van der Waals surface area contributed by atoms with E-state index in [-0.39, 0.29) is 28.1 Å². The molecule has 4 rings (SSSR count). The lowest BCUT2D eigenvalue weighted by Crippen LogP contribution is -2.54. The highest BCUT2D eigenvalue weighted by atomic mass is 28.4. The van der Waals surface area contributed by atoms with Crippen molar-refractivity contribution in [2.75, 3.05) is 13.7 Å². The van der Waals surface area contributed by atoms with Crippen LogP contribution in [0.4, 0.5) is 4.79 Å². The Balaban J connectivity index is 1.53. The maximum Gasteiger partial charge on any atom is 0.508 e. The van der Waals surface area contributed by atoms with E-state index >= 15 is 0 Å². The molecule has 0 aromatic heterocycles. The Morgan fingerprint density at radius 1 is 1.04 bits per heavy atom. The maximum atomic E-state index is 12.7. The quantitative estimate of drug-likeness (QED) is 0.0951. The van der Waals surface area contributed by atoms with E-state index in [0.29, 0.717) is 36.9 Å². The topological polar surface area (TPSA) is 63.2 Å². The SMILES string of the molecule is CCOC(C)OC(C)(C)C/C=C\[C@](C)(OC(=O)OC)[C@H]1CCC2C3CC=C4CC(O[Si](C)(C)C(C)(C)C)CC[C@]4(C)C3CC[C@@]21C. The number of carbonyl (C=O) groups excluding carboxylic acids is 1. The molecule has 0 aromatic carbocycles. The average molecular weight is 661 g/mol. The normalized spacial score (nSPS) is 35.4. The summed E-state index contributed by atoms with van der Waals surface area (Å²) < 4.78 is 30.0. The highest BCUT2D eigenvalue weighted by Crippen LogP contribution is 2.68. The van der Waals surface area contributed by atoms with Gasteiger partial charge in [-0.15, -0.1) is 0 Å². The van der Waals surface area contributed by atoms with E-state index in [2.05, 4.69) is 86.7 Å². The Kier molecular flexibility index (Phi) is 11.2. The van der Waals surface area contributed by atoms with Gasteiger partial charge in [0.25, 0.3) is 0 Å². The van der Waals surface area contributed by atoms with Gasteiger partial charge >= 0.3 is 6.16 Å². The van der Waals surface area contributed by atoms with Crippen molar-refractivity contribution in [3.05, 3.63) is 23.8 Å². The second kappa shape index (κ2) is 13.6. The summed E-state index contributed by atoms with van der Waals surface area (Å²) in [5.41, 5.74) is 0.865. The highest BCUT2D eigenvalue weighted by Gasteiger charge is 2.62. The first kappa shape index (κ1) is 37.7. The fraction of sp³-hybridized carbons (Fsp3) is 0.872. The summed E-state index contributed by atoms with van der Waals surface area (Å²) in [5.74, 6) is 2.23. The van der Waals surface area contributed by atoms with Crippen molar-refractivity contribution < 1.29 is 28.2 Å².